The molecular formula is C24H23N5O4S2. The molecule has 11 heteroatoms. The molecule has 1 amide bonds. The number of hydrogen-bond donors (Lipinski definition) is 4. The number of carbonyl (C=O) groups is 1. The Morgan fingerprint density at radius 3 is 2.54 bits per heavy atom. The van der Waals surface area contributed by atoms with Gasteiger partial charge in [-0.2, -0.15) is 0 Å². The average Bonchev–Trinajstić information content (AvgIpc) is 3.27. The highest BCUT2D eigenvalue weighted by Gasteiger charge is 2.25. The second kappa shape index (κ2) is 9.82. The fourth-order valence-electron chi connectivity index (χ4n) is 3.55. The lowest BCUT2D eigenvalue weighted by molar-refractivity contribution is 0.1000. The molecule has 0 fully saturated rings. The molecular weight excluding hydrogens is 486 g/mol. The first-order valence-corrected chi connectivity index (χ1v) is 12.8. The maximum atomic E-state index is 13.3. The lowest BCUT2D eigenvalue weighted by Crippen LogP contribution is -2.30. The predicted octanol–water partition coefficient (Wildman–Crippen LogP) is 2.95. The van der Waals surface area contributed by atoms with Crippen LogP contribution >= 0.6 is 11.3 Å². The Bertz CT molecular complexity index is 1530. The van der Waals surface area contributed by atoms with Gasteiger partial charge in [-0.25, -0.2) is 18.1 Å². The average molecular weight is 510 g/mol. The van der Waals surface area contributed by atoms with Crippen molar-refractivity contribution in [2.24, 2.45) is 11.5 Å². The van der Waals surface area contributed by atoms with Gasteiger partial charge < -0.3 is 16.2 Å². The fraction of sp³-hybridized carbons (Fsp3) is 0.125. The number of benzene rings is 3. The Morgan fingerprint density at radius 2 is 1.83 bits per heavy atom. The normalized spacial score (nSPS) is 12.4. The molecule has 0 radical (unpaired) electrons. The summed E-state index contributed by atoms with van der Waals surface area (Å²) in [4.78, 5) is 16.1. The number of amidine groups is 1. The highest BCUT2D eigenvalue weighted by molar-refractivity contribution is 7.89. The second-order valence-electron chi connectivity index (χ2n) is 7.77. The second-order valence-corrected chi connectivity index (χ2v) is 10.5. The number of aromatic nitrogens is 1. The van der Waals surface area contributed by atoms with Crippen LogP contribution in [0.3, 0.4) is 0 Å². The summed E-state index contributed by atoms with van der Waals surface area (Å²) in [6, 6.07) is 17.3. The van der Waals surface area contributed by atoms with Crippen molar-refractivity contribution in [3.63, 3.8) is 0 Å². The summed E-state index contributed by atoms with van der Waals surface area (Å²) in [6.07, 6.45) is 0.257. The van der Waals surface area contributed by atoms with Gasteiger partial charge in [0.2, 0.25) is 15.9 Å². The van der Waals surface area contributed by atoms with Crippen molar-refractivity contribution in [1.29, 1.82) is 5.41 Å². The molecule has 4 aromatic rings. The van der Waals surface area contributed by atoms with E-state index in [1.807, 2.05) is 18.2 Å². The van der Waals surface area contributed by atoms with Crippen molar-refractivity contribution in [2.45, 2.75) is 17.4 Å². The number of nitrogens with zero attached hydrogens (tertiary/aromatic N) is 1. The van der Waals surface area contributed by atoms with Crippen LogP contribution in [-0.2, 0) is 16.4 Å². The van der Waals surface area contributed by atoms with E-state index >= 15 is 0 Å². The molecule has 0 aliphatic carbocycles. The van der Waals surface area contributed by atoms with Crippen LogP contribution in [0, 0.1) is 5.41 Å². The van der Waals surface area contributed by atoms with Gasteiger partial charge in [-0.05, 0) is 54.4 Å². The van der Waals surface area contributed by atoms with Gasteiger partial charge in [0, 0.05) is 11.1 Å². The monoisotopic (exact) mass is 509 g/mol. The molecule has 0 saturated heterocycles. The van der Waals surface area contributed by atoms with Gasteiger partial charge in [0.15, 0.2) is 0 Å². The Labute approximate surface area is 206 Å². The third-order valence-electron chi connectivity index (χ3n) is 5.31. The minimum atomic E-state index is -4.04. The number of fused-ring (bicyclic) bond motifs is 1. The maximum Gasteiger partial charge on any atom is 0.248 e. The summed E-state index contributed by atoms with van der Waals surface area (Å²) in [7, 11) is -2.47. The summed E-state index contributed by atoms with van der Waals surface area (Å²) in [5.74, 6) is -0.138. The zero-order chi connectivity index (χ0) is 25.2. The van der Waals surface area contributed by atoms with Crippen molar-refractivity contribution in [1.82, 2.24) is 9.71 Å². The Hall–Kier alpha value is -3.80. The maximum absolute atomic E-state index is 13.3. The summed E-state index contributed by atoms with van der Waals surface area (Å²) in [6.45, 7) is 0. The van der Waals surface area contributed by atoms with E-state index in [1.54, 1.807) is 31.4 Å². The van der Waals surface area contributed by atoms with Crippen LogP contribution in [0.4, 0.5) is 0 Å². The molecule has 0 aliphatic rings. The van der Waals surface area contributed by atoms with Gasteiger partial charge in [0.25, 0.3) is 0 Å². The lowest BCUT2D eigenvalue weighted by atomic mass is 10.0. The van der Waals surface area contributed by atoms with Crippen molar-refractivity contribution < 1.29 is 17.9 Å². The van der Waals surface area contributed by atoms with Crippen LogP contribution in [-0.4, -0.2) is 32.3 Å². The standard InChI is InChI=1S/C24H23N5O4S2/c1-33-17-8-9-19-21(13-17)34-24(28-19)20(11-14-4-2-5-15(10-14)22(25)26)29-35(31,32)18-7-3-6-16(12-18)23(27)30/h2-10,12-13,20,29H,11H2,1H3,(H3,25,26)(H2,27,30)/t20-/m0/s1. The molecule has 1 heterocycles. The molecule has 9 nitrogen and oxygen atoms in total. The number of primary amides is 1. The third kappa shape index (κ3) is 5.48. The highest BCUT2D eigenvalue weighted by atomic mass is 32.2. The van der Waals surface area contributed by atoms with E-state index in [-0.39, 0.29) is 22.7 Å². The summed E-state index contributed by atoms with van der Waals surface area (Å²) >= 11 is 1.35. The molecule has 0 aliphatic heterocycles. The summed E-state index contributed by atoms with van der Waals surface area (Å²) in [5, 5.41) is 8.26. The quantitative estimate of drug-likeness (QED) is 0.200. The molecule has 180 valence electrons. The number of hydrogen-bond acceptors (Lipinski definition) is 7. The first kappa shape index (κ1) is 24.3. The number of nitrogens with two attached hydrogens (primary N) is 2. The fourth-order valence-corrected chi connectivity index (χ4v) is 5.92. The Morgan fingerprint density at radius 1 is 1.09 bits per heavy atom. The van der Waals surface area contributed by atoms with E-state index in [4.69, 9.17) is 21.6 Å². The number of methoxy groups -OCH3 is 1. The number of ether oxygens (including phenoxy) is 1. The van der Waals surface area contributed by atoms with E-state index in [2.05, 4.69) is 9.71 Å². The van der Waals surface area contributed by atoms with Gasteiger partial charge in [0.05, 0.1) is 28.3 Å². The SMILES string of the molecule is COc1ccc2nc([C@H](Cc3cccc(C(=N)N)c3)NS(=O)(=O)c3cccc(C(N)=O)c3)sc2c1. The first-order valence-electron chi connectivity index (χ1n) is 10.5. The largest absolute Gasteiger partial charge is 0.497 e. The molecule has 35 heavy (non-hydrogen) atoms. The number of amides is 1. The smallest absolute Gasteiger partial charge is 0.248 e. The minimum absolute atomic E-state index is 0.0840. The number of rotatable bonds is 9. The van der Waals surface area contributed by atoms with Crippen molar-refractivity contribution in [3.05, 3.63) is 88.4 Å². The molecule has 0 saturated carbocycles. The van der Waals surface area contributed by atoms with E-state index < -0.39 is 22.0 Å². The predicted molar refractivity (Wildman–Crippen MR) is 135 cm³/mol. The molecule has 4 rings (SSSR count). The number of nitrogens with one attached hydrogen (secondary N) is 2. The zero-order valence-electron chi connectivity index (χ0n) is 18.7. The van der Waals surface area contributed by atoms with Crippen molar-refractivity contribution in [2.75, 3.05) is 7.11 Å². The molecule has 3 aromatic carbocycles. The van der Waals surface area contributed by atoms with Gasteiger partial charge in [-0.3, -0.25) is 10.2 Å². The lowest BCUT2D eigenvalue weighted by Gasteiger charge is -2.18. The molecule has 0 unspecified atom stereocenters. The number of sulfonamides is 1. The van der Waals surface area contributed by atoms with E-state index in [0.29, 0.717) is 21.8 Å². The van der Waals surface area contributed by atoms with Crippen molar-refractivity contribution in [3.8, 4) is 5.75 Å². The van der Waals surface area contributed by atoms with Crippen LogP contribution in [0.15, 0.2) is 71.6 Å². The molecule has 0 bridgehead atoms. The first-order chi connectivity index (χ1) is 16.7. The van der Waals surface area contributed by atoms with Gasteiger partial charge >= 0.3 is 0 Å². The highest BCUT2D eigenvalue weighted by Crippen LogP contribution is 2.32. The molecule has 0 spiro atoms. The van der Waals surface area contributed by atoms with E-state index in [1.165, 1.54) is 35.6 Å². The van der Waals surface area contributed by atoms with Crippen LogP contribution < -0.4 is 20.9 Å². The Balaban J connectivity index is 1.75. The van der Waals surface area contributed by atoms with Crippen LogP contribution in [0.5, 0.6) is 5.75 Å². The van der Waals surface area contributed by atoms with Crippen LogP contribution in [0.25, 0.3) is 10.2 Å². The van der Waals surface area contributed by atoms with Crippen LogP contribution in [0.2, 0.25) is 0 Å². The summed E-state index contributed by atoms with van der Waals surface area (Å²) < 4.78 is 35.5. The van der Waals surface area contributed by atoms with Crippen molar-refractivity contribution >= 4 is 43.3 Å². The minimum Gasteiger partial charge on any atom is -0.497 e. The van der Waals surface area contributed by atoms with Gasteiger partial charge in [0.1, 0.15) is 16.6 Å². The molecule has 1 atom stereocenters. The van der Waals surface area contributed by atoms with E-state index in [9.17, 15) is 13.2 Å². The molecule has 1 aromatic heterocycles. The number of carbonyl (C=O) groups excluding carboxylic acids is 1. The summed E-state index contributed by atoms with van der Waals surface area (Å²) in [5.41, 5.74) is 13.1. The topological polar surface area (TPSA) is 161 Å². The number of thiazole rings is 1. The number of nitrogen functional groups attached to an aromatic ring is 1. The zero-order valence-corrected chi connectivity index (χ0v) is 20.3. The van der Waals surface area contributed by atoms with Gasteiger partial charge in [-0.1, -0.05) is 24.3 Å². The Kier molecular flexibility index (Phi) is 6.83. The van der Waals surface area contributed by atoms with Crippen LogP contribution in [0.1, 0.15) is 32.5 Å². The third-order valence-corrected chi connectivity index (χ3v) is 7.92. The van der Waals surface area contributed by atoms with Gasteiger partial charge in [-0.15, -0.1) is 11.3 Å². The van der Waals surface area contributed by atoms with E-state index in [0.717, 1.165) is 10.3 Å². The molecule has 6 N–H and O–H groups in total.